The number of thiazole rings is 1. The van der Waals surface area contributed by atoms with Crippen LogP contribution in [0, 0.1) is 24.0 Å². The van der Waals surface area contributed by atoms with Gasteiger partial charge >= 0.3 is 5.00 Å². The number of carbonyl (C=O) groups is 1. The topological polar surface area (TPSA) is 77.5 Å². The van der Waals surface area contributed by atoms with Crippen molar-refractivity contribution in [3.05, 3.63) is 55.2 Å². The van der Waals surface area contributed by atoms with E-state index < -0.39 is 10.8 Å². The lowest BCUT2D eigenvalue weighted by atomic mass is 10.1. The molecule has 0 saturated carbocycles. The highest BCUT2D eigenvalue weighted by molar-refractivity contribution is 7.98. The fraction of sp³-hybridized carbons (Fsp3) is 0.294. The quantitative estimate of drug-likeness (QED) is 0.464. The first-order valence-corrected chi connectivity index (χ1v) is 10.9. The van der Waals surface area contributed by atoms with Gasteiger partial charge < -0.3 is 4.57 Å². The molecular formula is C17H17N3O3S3. The number of hydrogen-bond donors (Lipinski definition) is 0. The Balaban J connectivity index is 2.12. The first kappa shape index (κ1) is 18.8. The Labute approximate surface area is 162 Å². The third-order valence-corrected chi connectivity index (χ3v) is 6.66. The molecule has 3 aromatic rings. The fourth-order valence-electron chi connectivity index (χ4n) is 2.68. The first-order chi connectivity index (χ1) is 12.4. The van der Waals surface area contributed by atoms with Crippen molar-refractivity contribution in [1.29, 1.82) is 0 Å². The number of amides is 1. The van der Waals surface area contributed by atoms with Gasteiger partial charge in [-0.05, 0) is 43.4 Å². The predicted molar refractivity (Wildman–Crippen MR) is 109 cm³/mol. The van der Waals surface area contributed by atoms with Gasteiger partial charge in [-0.15, -0.1) is 0 Å². The summed E-state index contributed by atoms with van der Waals surface area (Å²) in [6.45, 7) is 4.86. The summed E-state index contributed by atoms with van der Waals surface area (Å²) in [6, 6.07) is 7.03. The number of rotatable bonds is 5. The van der Waals surface area contributed by atoms with Gasteiger partial charge in [0.15, 0.2) is 4.80 Å². The fourth-order valence-corrected chi connectivity index (χ4v) is 4.85. The minimum absolute atomic E-state index is 0.0541. The molecule has 9 heteroatoms. The Morgan fingerprint density at radius 3 is 2.73 bits per heavy atom. The van der Waals surface area contributed by atoms with Crippen molar-refractivity contribution in [3.63, 3.8) is 0 Å². The number of thioether (sulfide) groups is 1. The second kappa shape index (κ2) is 7.73. The van der Waals surface area contributed by atoms with E-state index in [-0.39, 0.29) is 9.88 Å². The smallest absolute Gasteiger partial charge is 0.315 e. The second-order valence-corrected chi connectivity index (χ2v) is 8.80. The molecule has 26 heavy (non-hydrogen) atoms. The minimum Gasteiger partial charge on any atom is -0.315 e. The largest absolute Gasteiger partial charge is 0.324 e. The van der Waals surface area contributed by atoms with Crippen molar-refractivity contribution < 1.29 is 9.72 Å². The van der Waals surface area contributed by atoms with Crippen molar-refractivity contribution >= 4 is 55.6 Å². The average molecular weight is 408 g/mol. The van der Waals surface area contributed by atoms with Crippen LogP contribution in [0.25, 0.3) is 10.2 Å². The molecule has 0 atom stereocenters. The van der Waals surface area contributed by atoms with Crippen LogP contribution < -0.4 is 4.80 Å². The molecule has 1 aromatic carbocycles. The third kappa shape index (κ3) is 3.74. The molecule has 0 radical (unpaired) electrons. The molecule has 0 saturated heterocycles. The number of benzene rings is 1. The molecule has 0 unspecified atom stereocenters. The van der Waals surface area contributed by atoms with Crippen LogP contribution in [0.4, 0.5) is 5.00 Å². The Hall–Kier alpha value is -1.97. The van der Waals surface area contributed by atoms with Crippen LogP contribution in [0.2, 0.25) is 0 Å². The number of nitro groups is 1. The maximum atomic E-state index is 12.5. The summed E-state index contributed by atoms with van der Waals surface area (Å²) >= 11 is 4.07. The summed E-state index contributed by atoms with van der Waals surface area (Å²) in [5.74, 6) is 0.465. The highest BCUT2D eigenvalue weighted by Gasteiger charge is 2.16. The molecule has 0 aliphatic carbocycles. The normalized spacial score (nSPS) is 12.0. The zero-order chi connectivity index (χ0) is 18.8. The van der Waals surface area contributed by atoms with Gasteiger partial charge in [0.25, 0.3) is 5.91 Å². The van der Waals surface area contributed by atoms with Crippen molar-refractivity contribution in [1.82, 2.24) is 4.57 Å². The summed E-state index contributed by atoms with van der Waals surface area (Å²) < 4.78 is 3.18. The van der Waals surface area contributed by atoms with Crippen LogP contribution in [-0.2, 0) is 6.54 Å². The van der Waals surface area contributed by atoms with E-state index >= 15 is 0 Å². The van der Waals surface area contributed by atoms with Gasteiger partial charge in [0.2, 0.25) is 0 Å². The molecule has 2 heterocycles. The lowest BCUT2D eigenvalue weighted by molar-refractivity contribution is -0.380. The minimum atomic E-state index is -0.494. The van der Waals surface area contributed by atoms with E-state index in [2.05, 4.69) is 35.5 Å². The highest BCUT2D eigenvalue weighted by atomic mass is 32.2. The van der Waals surface area contributed by atoms with Gasteiger partial charge in [0, 0.05) is 18.4 Å². The van der Waals surface area contributed by atoms with Gasteiger partial charge in [-0.2, -0.15) is 16.8 Å². The Bertz CT molecular complexity index is 1060. The molecule has 2 aromatic heterocycles. The zero-order valence-corrected chi connectivity index (χ0v) is 17.0. The van der Waals surface area contributed by atoms with Crippen molar-refractivity contribution in [2.24, 2.45) is 4.99 Å². The second-order valence-electron chi connectivity index (χ2n) is 5.77. The van der Waals surface area contributed by atoms with Crippen molar-refractivity contribution in [2.75, 3.05) is 12.0 Å². The number of aromatic nitrogens is 1. The number of hydrogen-bond acceptors (Lipinski definition) is 6. The molecule has 1 amide bonds. The van der Waals surface area contributed by atoms with E-state index in [1.807, 2.05) is 6.26 Å². The van der Waals surface area contributed by atoms with E-state index in [9.17, 15) is 14.9 Å². The van der Waals surface area contributed by atoms with Gasteiger partial charge in [0.05, 0.1) is 15.1 Å². The highest BCUT2D eigenvalue weighted by Crippen LogP contribution is 2.26. The van der Waals surface area contributed by atoms with E-state index in [0.29, 0.717) is 4.80 Å². The first-order valence-electron chi connectivity index (χ1n) is 7.83. The molecule has 136 valence electrons. The Morgan fingerprint density at radius 2 is 2.08 bits per heavy atom. The summed E-state index contributed by atoms with van der Waals surface area (Å²) in [7, 11) is 0. The van der Waals surface area contributed by atoms with Crippen LogP contribution in [0.5, 0.6) is 0 Å². The van der Waals surface area contributed by atoms with Gasteiger partial charge in [-0.1, -0.05) is 28.7 Å². The number of thiophene rings is 1. The van der Waals surface area contributed by atoms with E-state index in [4.69, 9.17) is 0 Å². The standard InChI is InChI=1S/C17H17N3O3S3/c1-10-8-11(2)15-12(9-10)19(6-7-24-3)17(26-15)18-16(21)13-4-5-14(25-13)20(22)23/h4-5,8-9H,6-7H2,1-3H3. The maximum absolute atomic E-state index is 12.5. The zero-order valence-electron chi connectivity index (χ0n) is 14.5. The third-order valence-electron chi connectivity index (χ3n) is 3.81. The molecule has 0 N–H and O–H groups in total. The van der Waals surface area contributed by atoms with E-state index in [0.717, 1.165) is 45.0 Å². The summed E-state index contributed by atoms with van der Waals surface area (Å²) in [4.78, 5) is 28.0. The Morgan fingerprint density at radius 1 is 1.31 bits per heavy atom. The van der Waals surface area contributed by atoms with E-state index in [1.165, 1.54) is 23.5 Å². The molecule has 3 rings (SSSR count). The predicted octanol–water partition coefficient (Wildman–Crippen LogP) is 4.39. The average Bonchev–Trinajstić information content (AvgIpc) is 3.19. The van der Waals surface area contributed by atoms with Crippen LogP contribution >= 0.6 is 34.4 Å². The van der Waals surface area contributed by atoms with Gasteiger partial charge in [-0.25, -0.2) is 0 Å². The van der Waals surface area contributed by atoms with Crippen LogP contribution in [0.3, 0.4) is 0 Å². The summed E-state index contributed by atoms with van der Waals surface area (Å²) in [5.41, 5.74) is 3.39. The molecule has 6 nitrogen and oxygen atoms in total. The number of aryl methyl sites for hydroxylation is 3. The summed E-state index contributed by atoms with van der Waals surface area (Å²) in [6.07, 6.45) is 2.04. The van der Waals surface area contributed by atoms with Crippen LogP contribution in [-0.4, -0.2) is 27.4 Å². The molecule has 0 fully saturated rings. The van der Waals surface area contributed by atoms with Crippen LogP contribution in [0.1, 0.15) is 20.8 Å². The lowest BCUT2D eigenvalue weighted by Gasteiger charge is -2.05. The molecule has 0 spiro atoms. The van der Waals surface area contributed by atoms with Crippen molar-refractivity contribution in [2.45, 2.75) is 20.4 Å². The van der Waals surface area contributed by atoms with Crippen LogP contribution in [0.15, 0.2) is 29.3 Å². The van der Waals surface area contributed by atoms with Gasteiger partial charge in [-0.3, -0.25) is 14.9 Å². The molecular weight excluding hydrogens is 390 g/mol. The molecule has 0 bridgehead atoms. The molecule has 0 aliphatic rings. The number of fused-ring (bicyclic) bond motifs is 1. The number of nitrogens with zero attached hydrogens (tertiary/aromatic N) is 3. The van der Waals surface area contributed by atoms with E-state index in [1.54, 1.807) is 11.8 Å². The monoisotopic (exact) mass is 407 g/mol. The Kier molecular flexibility index (Phi) is 5.59. The molecule has 0 aliphatic heterocycles. The van der Waals surface area contributed by atoms with Crippen molar-refractivity contribution in [3.8, 4) is 0 Å². The summed E-state index contributed by atoms with van der Waals surface area (Å²) in [5, 5.41) is 10.8. The number of carbonyl (C=O) groups excluding carboxylic acids is 1. The lowest BCUT2D eigenvalue weighted by Crippen LogP contribution is -2.18. The van der Waals surface area contributed by atoms with Gasteiger partial charge in [0.1, 0.15) is 4.88 Å². The maximum Gasteiger partial charge on any atom is 0.324 e. The SMILES string of the molecule is CSCCn1c(=NC(=O)c2ccc([N+](=O)[O-])s2)sc2c(C)cc(C)cc21.